The zero-order chi connectivity index (χ0) is 12.8. The van der Waals surface area contributed by atoms with E-state index in [-0.39, 0.29) is 0 Å². The minimum Gasteiger partial charge on any atom is -0.385 e. The van der Waals surface area contributed by atoms with Gasteiger partial charge in [-0.2, -0.15) is 11.8 Å². The fourth-order valence-corrected chi connectivity index (χ4v) is 3.67. The molecule has 3 heteroatoms. The lowest BCUT2D eigenvalue weighted by molar-refractivity contribution is 0.632. The summed E-state index contributed by atoms with van der Waals surface area (Å²) >= 11 is 2.08. The third-order valence-electron chi connectivity index (χ3n) is 3.61. The molecule has 1 saturated heterocycles. The number of thioether (sulfide) groups is 1. The molecular formula is C15H24N2S. The Labute approximate surface area is 115 Å². The van der Waals surface area contributed by atoms with Crippen LogP contribution in [0.4, 0.5) is 11.4 Å². The Bertz CT molecular complexity index is 340. The highest BCUT2D eigenvalue weighted by Crippen LogP contribution is 2.24. The van der Waals surface area contributed by atoms with E-state index in [1.165, 1.54) is 29.3 Å². The first-order chi connectivity index (χ1) is 8.83. The van der Waals surface area contributed by atoms with Crippen LogP contribution in [0.15, 0.2) is 24.3 Å². The molecular weight excluding hydrogens is 240 g/mol. The lowest BCUT2D eigenvalue weighted by Gasteiger charge is -2.21. The Balaban J connectivity index is 1.86. The van der Waals surface area contributed by atoms with Crippen molar-refractivity contribution in [1.29, 1.82) is 0 Å². The monoisotopic (exact) mass is 264 g/mol. The van der Waals surface area contributed by atoms with E-state index in [0.717, 1.165) is 25.6 Å². The molecule has 0 aromatic heterocycles. The van der Waals surface area contributed by atoms with Crippen molar-refractivity contribution in [3.8, 4) is 0 Å². The molecule has 1 aromatic carbocycles. The Morgan fingerprint density at radius 3 is 2.50 bits per heavy atom. The van der Waals surface area contributed by atoms with Crippen LogP contribution in [0, 0.1) is 5.92 Å². The fraction of sp³-hybridized carbons (Fsp3) is 0.600. The zero-order valence-electron chi connectivity index (χ0n) is 11.5. The minimum atomic E-state index is 0.859. The van der Waals surface area contributed by atoms with E-state index >= 15 is 0 Å². The zero-order valence-corrected chi connectivity index (χ0v) is 12.3. The number of nitrogens with zero attached hydrogens (tertiary/aromatic N) is 1. The summed E-state index contributed by atoms with van der Waals surface area (Å²) < 4.78 is 0. The quantitative estimate of drug-likeness (QED) is 0.843. The van der Waals surface area contributed by atoms with E-state index in [4.69, 9.17) is 0 Å². The molecule has 100 valence electrons. The van der Waals surface area contributed by atoms with Crippen LogP contribution in [0.1, 0.15) is 20.3 Å². The van der Waals surface area contributed by atoms with Gasteiger partial charge in [-0.05, 0) is 62.0 Å². The Morgan fingerprint density at radius 1 is 1.22 bits per heavy atom. The van der Waals surface area contributed by atoms with Crippen LogP contribution in [0.25, 0.3) is 0 Å². The van der Waals surface area contributed by atoms with Gasteiger partial charge in [-0.25, -0.2) is 0 Å². The first kappa shape index (κ1) is 13.6. The van der Waals surface area contributed by atoms with Gasteiger partial charge in [-0.1, -0.05) is 0 Å². The summed E-state index contributed by atoms with van der Waals surface area (Å²) in [5, 5.41) is 3.56. The predicted molar refractivity (Wildman–Crippen MR) is 83.9 cm³/mol. The maximum absolute atomic E-state index is 3.56. The molecule has 1 unspecified atom stereocenters. The molecule has 0 spiro atoms. The van der Waals surface area contributed by atoms with Crippen molar-refractivity contribution in [1.82, 2.24) is 0 Å². The maximum Gasteiger partial charge on any atom is 0.0367 e. The van der Waals surface area contributed by atoms with Crippen molar-refractivity contribution < 1.29 is 0 Å². The molecule has 1 aliphatic heterocycles. The second-order valence-corrected chi connectivity index (χ2v) is 5.98. The van der Waals surface area contributed by atoms with Crippen LogP contribution in [-0.2, 0) is 0 Å². The Morgan fingerprint density at radius 2 is 1.94 bits per heavy atom. The van der Waals surface area contributed by atoms with Gasteiger partial charge >= 0.3 is 0 Å². The van der Waals surface area contributed by atoms with Crippen LogP contribution < -0.4 is 10.2 Å². The molecule has 0 saturated carbocycles. The van der Waals surface area contributed by atoms with Crippen molar-refractivity contribution in [2.75, 3.05) is 41.4 Å². The number of hydrogen-bond donors (Lipinski definition) is 1. The predicted octanol–water partition coefficient (Wildman–Crippen LogP) is 3.70. The first-order valence-corrected chi connectivity index (χ1v) is 8.15. The molecule has 0 aliphatic carbocycles. The van der Waals surface area contributed by atoms with E-state index in [1.807, 2.05) is 0 Å². The van der Waals surface area contributed by atoms with Gasteiger partial charge in [0.2, 0.25) is 0 Å². The molecule has 1 aliphatic rings. The van der Waals surface area contributed by atoms with E-state index < -0.39 is 0 Å². The minimum absolute atomic E-state index is 0.859. The van der Waals surface area contributed by atoms with Gasteiger partial charge in [-0.15, -0.1) is 0 Å². The fourth-order valence-electron chi connectivity index (χ4n) is 2.39. The molecule has 1 atom stereocenters. The van der Waals surface area contributed by atoms with Crippen LogP contribution in [-0.4, -0.2) is 31.1 Å². The van der Waals surface area contributed by atoms with Crippen molar-refractivity contribution >= 4 is 23.1 Å². The van der Waals surface area contributed by atoms with Crippen LogP contribution in [0.2, 0.25) is 0 Å². The van der Waals surface area contributed by atoms with Gasteiger partial charge in [0.15, 0.2) is 0 Å². The summed E-state index contributed by atoms with van der Waals surface area (Å²) in [5.74, 6) is 3.52. The van der Waals surface area contributed by atoms with Crippen molar-refractivity contribution in [2.24, 2.45) is 5.92 Å². The Hall–Kier alpha value is -0.830. The highest BCUT2D eigenvalue weighted by molar-refractivity contribution is 7.99. The second kappa shape index (κ2) is 6.93. The number of hydrogen-bond acceptors (Lipinski definition) is 3. The van der Waals surface area contributed by atoms with E-state index in [9.17, 15) is 0 Å². The molecule has 1 fully saturated rings. The summed E-state index contributed by atoms with van der Waals surface area (Å²) in [6.07, 6.45) is 1.37. The van der Waals surface area contributed by atoms with Gasteiger partial charge < -0.3 is 10.2 Å². The van der Waals surface area contributed by atoms with Crippen molar-refractivity contribution in [3.63, 3.8) is 0 Å². The highest BCUT2D eigenvalue weighted by Gasteiger charge is 2.14. The molecule has 0 bridgehead atoms. The smallest absolute Gasteiger partial charge is 0.0367 e. The van der Waals surface area contributed by atoms with E-state index in [0.29, 0.717) is 0 Å². The topological polar surface area (TPSA) is 15.3 Å². The van der Waals surface area contributed by atoms with Crippen LogP contribution >= 0.6 is 11.8 Å². The largest absolute Gasteiger partial charge is 0.385 e. The van der Waals surface area contributed by atoms with Gasteiger partial charge in [0, 0.05) is 31.0 Å². The molecule has 1 N–H and O–H groups in total. The standard InChI is InChI=1S/C15H24N2S/c1-3-17(4-2)15-7-5-14(6-8-15)16-11-13-9-10-18-12-13/h5-8,13,16H,3-4,9-12H2,1-2H3. The number of nitrogens with one attached hydrogen (secondary N) is 1. The molecule has 1 aromatic rings. The van der Waals surface area contributed by atoms with Gasteiger partial charge in [0.25, 0.3) is 0 Å². The van der Waals surface area contributed by atoms with Gasteiger partial charge in [-0.3, -0.25) is 0 Å². The Kier molecular flexibility index (Phi) is 5.24. The van der Waals surface area contributed by atoms with E-state index in [2.05, 4.69) is 60.1 Å². The lowest BCUT2D eigenvalue weighted by atomic mass is 10.1. The summed E-state index contributed by atoms with van der Waals surface area (Å²) in [4.78, 5) is 2.37. The molecule has 1 heterocycles. The highest BCUT2D eigenvalue weighted by atomic mass is 32.2. The molecule has 0 radical (unpaired) electrons. The first-order valence-electron chi connectivity index (χ1n) is 7.00. The van der Waals surface area contributed by atoms with Crippen molar-refractivity contribution in [3.05, 3.63) is 24.3 Å². The molecule has 18 heavy (non-hydrogen) atoms. The van der Waals surface area contributed by atoms with Crippen LogP contribution in [0.3, 0.4) is 0 Å². The molecule has 2 nitrogen and oxygen atoms in total. The number of benzene rings is 1. The normalized spacial score (nSPS) is 18.9. The molecule has 0 amide bonds. The third kappa shape index (κ3) is 3.58. The summed E-state index contributed by atoms with van der Waals surface area (Å²) in [6.45, 7) is 7.67. The van der Waals surface area contributed by atoms with Crippen molar-refractivity contribution in [2.45, 2.75) is 20.3 Å². The third-order valence-corrected chi connectivity index (χ3v) is 4.85. The van der Waals surface area contributed by atoms with Crippen LogP contribution in [0.5, 0.6) is 0 Å². The number of anilines is 2. The van der Waals surface area contributed by atoms with Gasteiger partial charge in [0.1, 0.15) is 0 Å². The summed E-state index contributed by atoms with van der Waals surface area (Å²) in [7, 11) is 0. The number of rotatable bonds is 6. The van der Waals surface area contributed by atoms with E-state index in [1.54, 1.807) is 0 Å². The second-order valence-electron chi connectivity index (χ2n) is 4.83. The summed E-state index contributed by atoms with van der Waals surface area (Å²) in [6, 6.07) is 8.85. The lowest BCUT2D eigenvalue weighted by Crippen LogP contribution is -2.21. The average Bonchev–Trinajstić information content (AvgIpc) is 2.92. The van der Waals surface area contributed by atoms with Gasteiger partial charge in [0.05, 0.1) is 0 Å². The summed E-state index contributed by atoms with van der Waals surface area (Å²) in [5.41, 5.74) is 2.57. The molecule has 2 rings (SSSR count). The maximum atomic E-state index is 3.56. The SMILES string of the molecule is CCN(CC)c1ccc(NCC2CCSC2)cc1. The average molecular weight is 264 g/mol.